The largest absolute Gasteiger partial charge is 0.396 e. The molecule has 1 heterocycles. The maximum absolute atomic E-state index is 9.49. The molecule has 0 aliphatic heterocycles. The van der Waals surface area contributed by atoms with Crippen LogP contribution in [-0.4, -0.2) is 16.7 Å². The number of aliphatic hydroxyl groups is 1. The SMILES string of the molecule is CC(CO)(Cc1ccncc1Cl)C1CC1. The van der Waals surface area contributed by atoms with E-state index >= 15 is 0 Å². The van der Waals surface area contributed by atoms with E-state index in [2.05, 4.69) is 11.9 Å². The van der Waals surface area contributed by atoms with Crippen LogP contribution in [0, 0.1) is 11.3 Å². The van der Waals surface area contributed by atoms with Gasteiger partial charge in [0.05, 0.1) is 5.02 Å². The summed E-state index contributed by atoms with van der Waals surface area (Å²) in [5, 5.41) is 10.2. The monoisotopic (exact) mass is 225 g/mol. The lowest BCUT2D eigenvalue weighted by atomic mass is 9.80. The number of aromatic nitrogens is 1. The molecule has 2 nitrogen and oxygen atoms in total. The van der Waals surface area contributed by atoms with E-state index in [1.54, 1.807) is 12.4 Å². The van der Waals surface area contributed by atoms with E-state index in [9.17, 15) is 5.11 Å². The molecular weight excluding hydrogens is 210 g/mol. The normalized spacial score (nSPS) is 19.9. The van der Waals surface area contributed by atoms with Crippen LogP contribution in [0.3, 0.4) is 0 Å². The van der Waals surface area contributed by atoms with E-state index < -0.39 is 0 Å². The first-order valence-electron chi connectivity index (χ1n) is 5.35. The lowest BCUT2D eigenvalue weighted by Gasteiger charge is -2.27. The Kier molecular flexibility index (Phi) is 2.98. The van der Waals surface area contributed by atoms with Crippen LogP contribution in [0.2, 0.25) is 5.02 Å². The van der Waals surface area contributed by atoms with Crippen molar-refractivity contribution in [2.45, 2.75) is 26.2 Å². The first-order valence-corrected chi connectivity index (χ1v) is 5.73. The van der Waals surface area contributed by atoms with Gasteiger partial charge in [-0.05, 0) is 42.2 Å². The van der Waals surface area contributed by atoms with E-state index in [1.165, 1.54) is 12.8 Å². The van der Waals surface area contributed by atoms with Crippen LogP contribution >= 0.6 is 11.6 Å². The Hall–Kier alpha value is -0.600. The molecule has 1 fully saturated rings. The number of nitrogens with zero attached hydrogens (tertiary/aromatic N) is 1. The topological polar surface area (TPSA) is 33.1 Å². The first-order chi connectivity index (χ1) is 7.15. The van der Waals surface area contributed by atoms with Gasteiger partial charge in [-0.25, -0.2) is 0 Å². The van der Waals surface area contributed by atoms with Crippen molar-refractivity contribution in [3.05, 3.63) is 29.0 Å². The molecule has 0 bridgehead atoms. The molecule has 0 saturated heterocycles. The Labute approximate surface area is 95.3 Å². The third-order valence-corrected chi connectivity index (χ3v) is 3.72. The minimum atomic E-state index is -0.00894. The number of rotatable bonds is 4. The molecule has 0 spiro atoms. The van der Waals surface area contributed by atoms with Gasteiger partial charge in [0.25, 0.3) is 0 Å². The minimum absolute atomic E-state index is 0.00894. The van der Waals surface area contributed by atoms with Gasteiger partial charge in [-0.3, -0.25) is 4.98 Å². The second-order valence-corrected chi connectivity index (χ2v) is 5.14. The summed E-state index contributed by atoms with van der Waals surface area (Å²) >= 11 is 6.07. The van der Waals surface area contributed by atoms with Crippen LogP contribution in [0.25, 0.3) is 0 Å². The van der Waals surface area contributed by atoms with Crippen molar-refractivity contribution in [3.63, 3.8) is 0 Å². The van der Waals surface area contributed by atoms with Gasteiger partial charge in [-0.2, -0.15) is 0 Å². The molecule has 1 aliphatic carbocycles. The van der Waals surface area contributed by atoms with Gasteiger partial charge < -0.3 is 5.11 Å². The predicted octanol–water partition coefficient (Wildman–Crippen LogP) is 2.69. The lowest BCUT2D eigenvalue weighted by Crippen LogP contribution is -2.27. The zero-order valence-corrected chi connectivity index (χ0v) is 9.67. The molecule has 0 radical (unpaired) electrons. The van der Waals surface area contributed by atoms with Gasteiger partial charge in [-0.1, -0.05) is 18.5 Å². The second-order valence-electron chi connectivity index (χ2n) is 4.73. The highest BCUT2D eigenvalue weighted by atomic mass is 35.5. The van der Waals surface area contributed by atoms with Crippen molar-refractivity contribution in [2.75, 3.05) is 6.61 Å². The van der Waals surface area contributed by atoms with Crippen molar-refractivity contribution in [1.29, 1.82) is 0 Å². The summed E-state index contributed by atoms with van der Waals surface area (Å²) in [5.74, 6) is 0.659. The van der Waals surface area contributed by atoms with Crippen LogP contribution in [0.5, 0.6) is 0 Å². The summed E-state index contributed by atoms with van der Waals surface area (Å²) in [6.07, 6.45) is 6.74. The number of hydrogen-bond acceptors (Lipinski definition) is 2. The average molecular weight is 226 g/mol. The van der Waals surface area contributed by atoms with Crippen molar-refractivity contribution in [3.8, 4) is 0 Å². The average Bonchev–Trinajstić information content (AvgIpc) is 3.05. The number of pyridine rings is 1. The van der Waals surface area contributed by atoms with Gasteiger partial charge in [-0.15, -0.1) is 0 Å². The van der Waals surface area contributed by atoms with Crippen LogP contribution < -0.4 is 0 Å². The Morgan fingerprint density at radius 1 is 1.60 bits per heavy atom. The Bertz CT molecular complexity index is 351. The molecule has 3 heteroatoms. The fourth-order valence-electron chi connectivity index (χ4n) is 2.09. The molecule has 15 heavy (non-hydrogen) atoms. The molecule has 1 aromatic heterocycles. The first kappa shape index (κ1) is 10.9. The Morgan fingerprint density at radius 3 is 2.87 bits per heavy atom. The zero-order valence-electron chi connectivity index (χ0n) is 8.91. The fourth-order valence-corrected chi connectivity index (χ4v) is 2.28. The van der Waals surface area contributed by atoms with Crippen LogP contribution in [0.15, 0.2) is 18.5 Å². The summed E-state index contributed by atoms with van der Waals surface area (Å²) in [6.45, 7) is 2.37. The van der Waals surface area contributed by atoms with Crippen molar-refractivity contribution >= 4 is 11.6 Å². The van der Waals surface area contributed by atoms with E-state index in [-0.39, 0.29) is 12.0 Å². The minimum Gasteiger partial charge on any atom is -0.396 e. The van der Waals surface area contributed by atoms with Gasteiger partial charge >= 0.3 is 0 Å². The number of aliphatic hydroxyl groups excluding tert-OH is 1. The van der Waals surface area contributed by atoms with E-state index in [4.69, 9.17) is 11.6 Å². The number of hydrogen-bond donors (Lipinski definition) is 1. The lowest BCUT2D eigenvalue weighted by molar-refractivity contribution is 0.119. The van der Waals surface area contributed by atoms with Crippen LogP contribution in [-0.2, 0) is 6.42 Å². The van der Waals surface area contributed by atoms with Gasteiger partial charge in [0.15, 0.2) is 0 Å². The van der Waals surface area contributed by atoms with Gasteiger partial charge in [0.2, 0.25) is 0 Å². The molecule has 2 rings (SSSR count). The van der Waals surface area contributed by atoms with Crippen molar-refractivity contribution in [1.82, 2.24) is 4.98 Å². The molecule has 1 N–H and O–H groups in total. The second kappa shape index (κ2) is 4.11. The molecule has 1 aromatic rings. The standard InChI is InChI=1S/C12H16ClNO/c1-12(8-15,10-2-3-10)6-9-4-5-14-7-11(9)13/h4-5,7,10,15H,2-3,6,8H2,1H3. The zero-order chi connectivity index (χ0) is 10.9. The highest BCUT2D eigenvalue weighted by Crippen LogP contribution is 2.47. The van der Waals surface area contributed by atoms with E-state index in [1.807, 2.05) is 6.07 Å². The Morgan fingerprint density at radius 2 is 2.33 bits per heavy atom. The van der Waals surface area contributed by atoms with Gasteiger partial charge in [0, 0.05) is 19.0 Å². The highest BCUT2D eigenvalue weighted by molar-refractivity contribution is 6.31. The van der Waals surface area contributed by atoms with Crippen molar-refractivity contribution in [2.24, 2.45) is 11.3 Å². The molecule has 1 aliphatic rings. The van der Waals surface area contributed by atoms with Crippen molar-refractivity contribution < 1.29 is 5.11 Å². The fraction of sp³-hybridized carbons (Fsp3) is 0.583. The summed E-state index contributed by atoms with van der Waals surface area (Å²) in [6, 6.07) is 1.94. The van der Waals surface area contributed by atoms with E-state index in [0.717, 1.165) is 12.0 Å². The van der Waals surface area contributed by atoms with Crippen LogP contribution in [0.4, 0.5) is 0 Å². The molecule has 1 unspecified atom stereocenters. The third-order valence-electron chi connectivity index (χ3n) is 3.37. The maximum atomic E-state index is 9.49. The highest BCUT2D eigenvalue weighted by Gasteiger charge is 2.41. The summed E-state index contributed by atoms with van der Waals surface area (Å²) in [7, 11) is 0. The summed E-state index contributed by atoms with van der Waals surface area (Å²) in [4.78, 5) is 3.97. The molecule has 82 valence electrons. The molecule has 0 amide bonds. The molecular formula is C12H16ClNO. The quantitative estimate of drug-likeness (QED) is 0.855. The van der Waals surface area contributed by atoms with Crippen LogP contribution in [0.1, 0.15) is 25.3 Å². The molecule has 1 saturated carbocycles. The molecule has 0 aromatic carbocycles. The maximum Gasteiger partial charge on any atom is 0.0621 e. The Balaban J connectivity index is 2.16. The smallest absolute Gasteiger partial charge is 0.0621 e. The molecule has 1 atom stereocenters. The van der Waals surface area contributed by atoms with E-state index in [0.29, 0.717) is 10.9 Å². The van der Waals surface area contributed by atoms with Gasteiger partial charge in [0.1, 0.15) is 0 Å². The third kappa shape index (κ3) is 2.32. The summed E-state index contributed by atoms with van der Waals surface area (Å²) in [5.41, 5.74) is 1.08. The number of halogens is 1. The summed E-state index contributed by atoms with van der Waals surface area (Å²) < 4.78 is 0. The predicted molar refractivity (Wildman–Crippen MR) is 60.9 cm³/mol.